The smallest absolute Gasteiger partial charge is 0.204 e. The lowest BCUT2D eigenvalue weighted by Crippen LogP contribution is -2.63. The molecule has 0 saturated carbocycles. The Labute approximate surface area is 146 Å². The van der Waals surface area contributed by atoms with E-state index in [0.717, 1.165) is 0 Å². The van der Waals surface area contributed by atoms with Crippen molar-refractivity contribution in [2.75, 3.05) is 19.8 Å². The molecule has 2 rings (SSSR count). The fourth-order valence-electron chi connectivity index (χ4n) is 3.10. The maximum Gasteiger partial charge on any atom is 0.204 e. The van der Waals surface area contributed by atoms with Gasteiger partial charge in [0.25, 0.3) is 0 Å². The van der Waals surface area contributed by atoms with Crippen molar-refractivity contribution in [3.05, 3.63) is 60.7 Å². The summed E-state index contributed by atoms with van der Waals surface area (Å²) in [6.45, 7) is 7.55. The van der Waals surface area contributed by atoms with E-state index in [0.29, 0.717) is 13.2 Å². The molecule has 0 heterocycles. The lowest BCUT2D eigenvalue weighted by Gasteiger charge is -2.39. The van der Waals surface area contributed by atoms with Gasteiger partial charge in [0.1, 0.15) is 6.61 Å². The first-order valence-electron chi connectivity index (χ1n) is 8.32. The Hall–Kier alpha value is -1.86. The van der Waals surface area contributed by atoms with Gasteiger partial charge in [-0.25, -0.2) is 0 Å². The zero-order chi connectivity index (χ0) is 17.5. The van der Waals surface area contributed by atoms with E-state index < -0.39 is 8.07 Å². The third kappa shape index (κ3) is 3.96. The van der Waals surface area contributed by atoms with Crippen LogP contribution in [0, 0.1) is 11.5 Å². The van der Waals surface area contributed by atoms with Crippen molar-refractivity contribution in [2.45, 2.75) is 25.8 Å². The Balaban J connectivity index is 2.58. The van der Waals surface area contributed by atoms with Crippen molar-refractivity contribution in [2.24, 2.45) is 0 Å². The van der Waals surface area contributed by atoms with Gasteiger partial charge in [0, 0.05) is 0 Å². The lowest BCUT2D eigenvalue weighted by molar-refractivity contribution is 0.115. The van der Waals surface area contributed by atoms with Gasteiger partial charge in [-0.3, -0.25) is 0 Å². The fraction of sp³-hybridized carbons (Fsp3) is 0.333. The van der Waals surface area contributed by atoms with Crippen LogP contribution in [0.4, 0.5) is 0 Å². The van der Waals surface area contributed by atoms with Gasteiger partial charge in [-0.05, 0) is 15.4 Å². The van der Waals surface area contributed by atoms with Crippen LogP contribution < -0.4 is 10.4 Å². The normalized spacial score (nSPS) is 11.7. The van der Waals surface area contributed by atoms with Gasteiger partial charge in [0.05, 0.1) is 13.2 Å². The van der Waals surface area contributed by atoms with Crippen molar-refractivity contribution < 1.29 is 9.84 Å². The van der Waals surface area contributed by atoms with Crippen molar-refractivity contribution in [3.63, 3.8) is 0 Å². The molecule has 0 atom stereocenters. The zero-order valence-corrected chi connectivity index (χ0v) is 15.8. The summed E-state index contributed by atoms with van der Waals surface area (Å²) < 4.78 is 5.36. The summed E-state index contributed by atoms with van der Waals surface area (Å²) in [5.41, 5.74) is 3.65. The van der Waals surface area contributed by atoms with Gasteiger partial charge in [-0.2, -0.15) is 0 Å². The highest BCUT2D eigenvalue weighted by Crippen LogP contribution is 2.35. The molecule has 0 unspecified atom stereocenters. The van der Waals surface area contributed by atoms with Gasteiger partial charge in [0.15, 0.2) is 0 Å². The molecule has 24 heavy (non-hydrogen) atoms. The SMILES string of the molecule is CC(C)(C)[Si](C#CCOCCO)(c1ccccc1)c1ccccc1. The van der Waals surface area contributed by atoms with Crippen LogP contribution in [0.3, 0.4) is 0 Å². The van der Waals surface area contributed by atoms with Gasteiger partial charge in [-0.15, -0.1) is 5.54 Å². The molecule has 0 saturated heterocycles. The maximum absolute atomic E-state index is 8.85. The summed E-state index contributed by atoms with van der Waals surface area (Å²) in [4.78, 5) is 0. The first-order valence-corrected chi connectivity index (χ1v) is 10.3. The average molecular weight is 339 g/mol. The van der Waals surface area contributed by atoms with E-state index in [9.17, 15) is 0 Å². The molecule has 0 aliphatic heterocycles. The number of ether oxygens (including phenoxy) is 1. The second kappa shape index (κ2) is 8.30. The Morgan fingerprint density at radius 1 is 0.917 bits per heavy atom. The second-order valence-electron chi connectivity index (χ2n) is 6.81. The number of hydrogen-bond donors (Lipinski definition) is 1. The highest BCUT2D eigenvalue weighted by Gasteiger charge is 2.46. The predicted octanol–water partition coefficient (Wildman–Crippen LogP) is 2.60. The molecule has 0 radical (unpaired) electrons. The summed E-state index contributed by atoms with van der Waals surface area (Å²) in [7, 11) is -2.31. The standard InChI is InChI=1S/C21H26O2Si/c1-21(2,3)24(18-10-16-23-17-15-22,19-11-6-4-7-12-19)20-13-8-5-9-14-20/h4-9,11-14,22H,15-17H2,1-3H3. The van der Waals surface area contributed by atoms with Crippen LogP contribution in [0.25, 0.3) is 0 Å². The van der Waals surface area contributed by atoms with Crippen molar-refractivity contribution >= 4 is 18.4 Å². The number of hydrogen-bond acceptors (Lipinski definition) is 2. The third-order valence-corrected chi connectivity index (χ3v) is 9.42. The molecule has 2 aromatic rings. The Bertz CT molecular complexity index is 639. The molecule has 2 aromatic carbocycles. The summed E-state index contributed by atoms with van der Waals surface area (Å²) in [5, 5.41) is 11.5. The molecule has 0 fully saturated rings. The van der Waals surface area contributed by atoms with Crippen LogP contribution in [-0.4, -0.2) is 33.0 Å². The Morgan fingerprint density at radius 3 is 1.83 bits per heavy atom. The van der Waals surface area contributed by atoms with Crippen LogP contribution in [0.15, 0.2) is 60.7 Å². The van der Waals surface area contributed by atoms with Crippen LogP contribution in [0.5, 0.6) is 0 Å². The molecule has 0 aromatic heterocycles. The molecule has 0 bridgehead atoms. The summed E-state index contributed by atoms with van der Waals surface area (Å²) in [6, 6.07) is 21.3. The van der Waals surface area contributed by atoms with Gasteiger partial charge < -0.3 is 9.84 Å². The first-order chi connectivity index (χ1) is 11.5. The van der Waals surface area contributed by atoms with Crippen molar-refractivity contribution in [3.8, 4) is 11.5 Å². The van der Waals surface area contributed by atoms with Crippen LogP contribution >= 0.6 is 0 Å². The van der Waals surface area contributed by atoms with E-state index in [4.69, 9.17) is 9.84 Å². The summed E-state index contributed by atoms with van der Waals surface area (Å²) >= 11 is 0. The fourth-order valence-corrected chi connectivity index (χ4v) is 7.55. The number of aliphatic hydroxyl groups excluding tert-OH is 1. The Kier molecular flexibility index (Phi) is 6.39. The van der Waals surface area contributed by atoms with E-state index >= 15 is 0 Å². The largest absolute Gasteiger partial charge is 0.394 e. The Morgan fingerprint density at radius 2 is 1.42 bits per heavy atom. The summed E-state index contributed by atoms with van der Waals surface area (Å²) in [6.07, 6.45) is 0. The van der Waals surface area contributed by atoms with Gasteiger partial charge >= 0.3 is 0 Å². The van der Waals surface area contributed by atoms with E-state index in [-0.39, 0.29) is 11.6 Å². The summed E-state index contributed by atoms with van der Waals surface area (Å²) in [5.74, 6) is 3.24. The molecule has 1 N–H and O–H groups in total. The maximum atomic E-state index is 8.85. The highest BCUT2D eigenvalue weighted by atomic mass is 28.3. The molecule has 3 heteroatoms. The number of benzene rings is 2. The van der Waals surface area contributed by atoms with Gasteiger partial charge in [0.2, 0.25) is 8.07 Å². The van der Waals surface area contributed by atoms with Crippen molar-refractivity contribution in [1.82, 2.24) is 0 Å². The number of aliphatic hydroxyl groups is 1. The minimum absolute atomic E-state index is 0.0275. The zero-order valence-electron chi connectivity index (χ0n) is 14.8. The topological polar surface area (TPSA) is 29.5 Å². The molecular formula is C21H26O2Si. The first kappa shape index (κ1) is 18.5. The molecule has 2 nitrogen and oxygen atoms in total. The highest BCUT2D eigenvalue weighted by molar-refractivity contribution is 7.10. The van der Waals surface area contributed by atoms with Gasteiger partial charge in [-0.1, -0.05) is 87.4 Å². The van der Waals surface area contributed by atoms with Crippen LogP contribution in [-0.2, 0) is 4.74 Å². The van der Waals surface area contributed by atoms with Crippen molar-refractivity contribution in [1.29, 1.82) is 0 Å². The second-order valence-corrected chi connectivity index (χ2v) is 11.2. The minimum Gasteiger partial charge on any atom is -0.394 e. The monoisotopic (exact) mass is 338 g/mol. The minimum atomic E-state index is -2.31. The van der Waals surface area contributed by atoms with E-state index in [1.165, 1.54) is 10.4 Å². The predicted molar refractivity (Wildman–Crippen MR) is 103 cm³/mol. The number of rotatable bonds is 5. The van der Waals surface area contributed by atoms with Crippen LogP contribution in [0.2, 0.25) is 5.04 Å². The molecule has 0 aliphatic carbocycles. The van der Waals surface area contributed by atoms with E-state index in [2.05, 4.69) is 80.8 Å². The molecule has 0 spiro atoms. The van der Waals surface area contributed by atoms with E-state index in [1.807, 2.05) is 12.1 Å². The lowest BCUT2D eigenvalue weighted by atomic mass is 10.2. The quantitative estimate of drug-likeness (QED) is 0.516. The molecule has 0 amide bonds. The average Bonchev–Trinajstić information content (AvgIpc) is 2.59. The third-order valence-electron chi connectivity index (χ3n) is 4.22. The molecule has 126 valence electrons. The van der Waals surface area contributed by atoms with Crippen LogP contribution in [0.1, 0.15) is 20.8 Å². The molecule has 0 aliphatic rings. The molecular weight excluding hydrogens is 312 g/mol. The van der Waals surface area contributed by atoms with E-state index in [1.54, 1.807) is 0 Å².